The lowest BCUT2D eigenvalue weighted by molar-refractivity contribution is 0.0776. The van der Waals surface area contributed by atoms with Gasteiger partial charge in [-0.2, -0.15) is 0 Å². The van der Waals surface area contributed by atoms with Crippen LogP contribution >= 0.6 is 0 Å². The Hall–Kier alpha value is -0.770. The van der Waals surface area contributed by atoms with Crippen molar-refractivity contribution in [1.82, 2.24) is 10.6 Å². The van der Waals surface area contributed by atoms with Crippen LogP contribution in [0.2, 0.25) is 0 Å². The Bertz CT molecular complexity index is 269. The highest BCUT2D eigenvalue weighted by Gasteiger charge is 2.13. The first-order valence-corrected chi connectivity index (χ1v) is 7.83. The lowest BCUT2D eigenvalue weighted by atomic mass is 9.89. The Balaban J connectivity index is 3.81. The number of hydrogen-bond acceptors (Lipinski definition) is 2. The van der Waals surface area contributed by atoms with Gasteiger partial charge in [0.1, 0.15) is 0 Å². The van der Waals surface area contributed by atoms with Crippen LogP contribution in [0.1, 0.15) is 60.8 Å². The molecule has 0 aliphatic rings. The number of nitrogens with one attached hydrogen (secondary N) is 2. The third kappa shape index (κ3) is 12.3. The Labute approximate surface area is 125 Å². The van der Waals surface area contributed by atoms with E-state index in [9.17, 15) is 0 Å². The standard InChI is InChI=1S/C16H35N3O/c1-13(2)20-12-8-11-18-15(17-7)19-14(3)9-10-16(4,5)6/h13-14H,8-12H2,1-7H3,(H2,17,18,19). The average Bonchev–Trinajstić information content (AvgIpc) is 2.33. The van der Waals surface area contributed by atoms with E-state index in [1.807, 2.05) is 7.05 Å². The fourth-order valence-corrected chi connectivity index (χ4v) is 1.75. The molecule has 0 rings (SSSR count). The topological polar surface area (TPSA) is 45.7 Å². The number of nitrogens with zero attached hydrogens (tertiary/aromatic N) is 1. The summed E-state index contributed by atoms with van der Waals surface area (Å²) < 4.78 is 5.51. The highest BCUT2D eigenvalue weighted by molar-refractivity contribution is 5.79. The molecule has 0 aliphatic heterocycles. The smallest absolute Gasteiger partial charge is 0.191 e. The molecule has 0 aromatic heterocycles. The van der Waals surface area contributed by atoms with E-state index >= 15 is 0 Å². The van der Waals surface area contributed by atoms with Crippen molar-refractivity contribution in [3.05, 3.63) is 0 Å². The zero-order valence-electron chi connectivity index (χ0n) is 14.5. The summed E-state index contributed by atoms with van der Waals surface area (Å²) in [5.41, 5.74) is 0.390. The molecule has 2 N–H and O–H groups in total. The maximum atomic E-state index is 5.51. The molecule has 0 aromatic rings. The third-order valence-corrected chi connectivity index (χ3v) is 3.00. The van der Waals surface area contributed by atoms with Gasteiger partial charge in [0.05, 0.1) is 6.10 Å². The second-order valence-electron chi connectivity index (χ2n) is 6.92. The molecule has 0 saturated carbocycles. The van der Waals surface area contributed by atoms with Crippen LogP contribution in [0.5, 0.6) is 0 Å². The molecule has 4 nitrogen and oxygen atoms in total. The van der Waals surface area contributed by atoms with Gasteiger partial charge < -0.3 is 15.4 Å². The van der Waals surface area contributed by atoms with Crippen LogP contribution < -0.4 is 10.6 Å². The highest BCUT2D eigenvalue weighted by atomic mass is 16.5. The molecular formula is C16H35N3O. The van der Waals surface area contributed by atoms with Crippen LogP contribution in [0.3, 0.4) is 0 Å². The molecule has 0 radical (unpaired) electrons. The Morgan fingerprint density at radius 3 is 2.35 bits per heavy atom. The van der Waals surface area contributed by atoms with Crippen molar-refractivity contribution in [3.8, 4) is 0 Å². The summed E-state index contributed by atoms with van der Waals surface area (Å²) in [5.74, 6) is 0.885. The van der Waals surface area contributed by atoms with Crippen LogP contribution in [-0.2, 0) is 4.74 Å². The first-order valence-electron chi connectivity index (χ1n) is 7.83. The average molecular weight is 285 g/mol. The van der Waals surface area contributed by atoms with Crippen molar-refractivity contribution in [1.29, 1.82) is 0 Å². The van der Waals surface area contributed by atoms with Crippen molar-refractivity contribution in [2.75, 3.05) is 20.2 Å². The number of hydrogen-bond donors (Lipinski definition) is 2. The number of guanidine groups is 1. The molecule has 0 aromatic carbocycles. The lowest BCUT2D eigenvalue weighted by Crippen LogP contribution is -2.43. The summed E-state index contributed by atoms with van der Waals surface area (Å²) >= 11 is 0. The predicted octanol–water partition coefficient (Wildman–Crippen LogP) is 3.18. The van der Waals surface area contributed by atoms with Gasteiger partial charge in [0.25, 0.3) is 0 Å². The molecule has 0 aliphatic carbocycles. The minimum atomic E-state index is 0.310. The number of rotatable bonds is 8. The molecule has 0 heterocycles. The van der Waals surface area contributed by atoms with E-state index in [-0.39, 0.29) is 0 Å². The predicted molar refractivity (Wildman–Crippen MR) is 88.4 cm³/mol. The molecule has 4 heteroatoms. The molecule has 0 bridgehead atoms. The van der Waals surface area contributed by atoms with E-state index in [1.54, 1.807) is 0 Å². The van der Waals surface area contributed by atoms with Crippen molar-refractivity contribution >= 4 is 5.96 Å². The number of ether oxygens (including phenoxy) is 1. The van der Waals surface area contributed by atoms with E-state index < -0.39 is 0 Å². The van der Waals surface area contributed by atoms with Gasteiger partial charge >= 0.3 is 0 Å². The molecule has 1 unspecified atom stereocenters. The molecule has 0 saturated heterocycles. The van der Waals surface area contributed by atoms with E-state index in [0.29, 0.717) is 17.6 Å². The normalized spacial score (nSPS) is 14.5. The van der Waals surface area contributed by atoms with Gasteiger partial charge in [0, 0.05) is 26.2 Å². The molecule has 120 valence electrons. The minimum absolute atomic E-state index is 0.310. The van der Waals surface area contributed by atoms with Crippen molar-refractivity contribution < 1.29 is 4.74 Å². The summed E-state index contributed by atoms with van der Waals surface area (Å²) in [6.07, 6.45) is 3.67. The van der Waals surface area contributed by atoms with Gasteiger partial charge in [0.2, 0.25) is 0 Å². The fourth-order valence-electron chi connectivity index (χ4n) is 1.75. The van der Waals surface area contributed by atoms with Gasteiger partial charge in [-0.15, -0.1) is 0 Å². The van der Waals surface area contributed by atoms with Gasteiger partial charge in [-0.25, -0.2) is 0 Å². The Kier molecular flexibility index (Phi) is 9.64. The van der Waals surface area contributed by atoms with Crippen LogP contribution in [-0.4, -0.2) is 38.3 Å². The van der Waals surface area contributed by atoms with Gasteiger partial charge in [0.15, 0.2) is 5.96 Å². The monoisotopic (exact) mass is 285 g/mol. The summed E-state index contributed by atoms with van der Waals surface area (Å²) in [5, 5.41) is 6.77. The summed E-state index contributed by atoms with van der Waals surface area (Å²) in [7, 11) is 1.82. The molecule has 0 fully saturated rings. The quantitative estimate of drug-likeness (QED) is 0.409. The summed E-state index contributed by atoms with van der Waals surface area (Å²) in [6.45, 7) is 14.8. The molecule has 20 heavy (non-hydrogen) atoms. The second-order valence-corrected chi connectivity index (χ2v) is 6.92. The van der Waals surface area contributed by atoms with Crippen LogP contribution in [0, 0.1) is 5.41 Å². The minimum Gasteiger partial charge on any atom is -0.379 e. The maximum absolute atomic E-state index is 5.51. The van der Waals surface area contributed by atoms with E-state index in [1.165, 1.54) is 6.42 Å². The van der Waals surface area contributed by atoms with Gasteiger partial charge in [-0.3, -0.25) is 4.99 Å². The first-order chi connectivity index (χ1) is 9.24. The van der Waals surface area contributed by atoms with Crippen LogP contribution in [0.15, 0.2) is 4.99 Å². The van der Waals surface area contributed by atoms with Crippen molar-refractivity contribution in [2.45, 2.75) is 73.0 Å². The van der Waals surface area contributed by atoms with Crippen molar-refractivity contribution in [3.63, 3.8) is 0 Å². The molecule has 0 spiro atoms. The van der Waals surface area contributed by atoms with E-state index in [2.05, 4.69) is 57.2 Å². The highest BCUT2D eigenvalue weighted by Crippen LogP contribution is 2.21. The SMILES string of the molecule is CN=C(NCCCOC(C)C)NC(C)CCC(C)(C)C. The first kappa shape index (κ1) is 19.2. The maximum Gasteiger partial charge on any atom is 0.191 e. The molecule has 0 amide bonds. The second kappa shape index (κ2) is 10.0. The van der Waals surface area contributed by atoms with Crippen LogP contribution in [0.25, 0.3) is 0 Å². The zero-order valence-corrected chi connectivity index (χ0v) is 14.5. The number of aliphatic imine (C=N–C) groups is 1. The fraction of sp³-hybridized carbons (Fsp3) is 0.938. The zero-order chi connectivity index (χ0) is 15.6. The summed E-state index contributed by atoms with van der Waals surface area (Å²) in [6, 6.07) is 0.437. The molecule has 1 atom stereocenters. The van der Waals surface area contributed by atoms with Crippen LogP contribution in [0.4, 0.5) is 0 Å². The van der Waals surface area contributed by atoms with E-state index in [4.69, 9.17) is 4.74 Å². The lowest BCUT2D eigenvalue weighted by Gasteiger charge is -2.23. The Morgan fingerprint density at radius 2 is 1.85 bits per heavy atom. The molecular weight excluding hydrogens is 250 g/mol. The van der Waals surface area contributed by atoms with Crippen molar-refractivity contribution in [2.24, 2.45) is 10.4 Å². The van der Waals surface area contributed by atoms with E-state index in [0.717, 1.165) is 32.0 Å². The largest absolute Gasteiger partial charge is 0.379 e. The van der Waals surface area contributed by atoms with Gasteiger partial charge in [-0.05, 0) is 45.4 Å². The summed E-state index contributed by atoms with van der Waals surface area (Å²) in [4.78, 5) is 4.26. The third-order valence-electron chi connectivity index (χ3n) is 3.00. The Morgan fingerprint density at radius 1 is 1.20 bits per heavy atom. The van der Waals surface area contributed by atoms with Gasteiger partial charge in [-0.1, -0.05) is 20.8 Å².